The molecule has 0 aromatic rings. The van der Waals surface area contributed by atoms with Crippen molar-refractivity contribution in [3.8, 4) is 0 Å². The van der Waals surface area contributed by atoms with Gasteiger partial charge in [-0.15, -0.1) is 24.0 Å². The molecule has 0 aliphatic carbocycles. The topological polar surface area (TPSA) is 88.5 Å². The summed E-state index contributed by atoms with van der Waals surface area (Å²) in [7, 11) is 0. The number of carbonyl (C=O) groups is 2. The Morgan fingerprint density at radius 2 is 1.65 bits per heavy atom. The lowest BCUT2D eigenvalue weighted by Crippen LogP contribution is -2.50. The molecule has 0 aromatic heterocycles. The molecule has 2 saturated heterocycles. The standard InChI is InChI=1S/C22H41N5O3.HI/c1-4-23-22(27-11-9-19(28)17-27)24-10-7-5-6-8-20(29)25-12-14-26(15-13-25)21(30)16-18(2)3;/h18-19,28H,4-17H2,1-3H3,(H,23,24);1H/t19-;/m1./s1. The third kappa shape index (κ3) is 9.93. The average Bonchev–Trinajstić information content (AvgIpc) is 3.15. The fraction of sp³-hybridized carbons (Fsp3) is 0.864. The maximum absolute atomic E-state index is 12.4. The van der Waals surface area contributed by atoms with E-state index in [2.05, 4.69) is 29.1 Å². The monoisotopic (exact) mass is 551 g/mol. The van der Waals surface area contributed by atoms with Gasteiger partial charge in [0.2, 0.25) is 11.8 Å². The maximum atomic E-state index is 12.4. The maximum Gasteiger partial charge on any atom is 0.222 e. The van der Waals surface area contributed by atoms with Crippen LogP contribution in [0.2, 0.25) is 0 Å². The van der Waals surface area contributed by atoms with E-state index in [1.807, 2.05) is 16.7 Å². The van der Waals surface area contributed by atoms with Crippen molar-refractivity contribution in [2.45, 2.75) is 65.4 Å². The first kappa shape index (κ1) is 27.9. The SMILES string of the molecule is CCNC(=NCCCCCC(=O)N1CCN(C(=O)CC(C)C)CC1)N1CC[C@@H](O)C1.I. The van der Waals surface area contributed by atoms with Gasteiger partial charge in [-0.2, -0.15) is 0 Å². The Kier molecular flexibility index (Phi) is 13.4. The number of amides is 2. The van der Waals surface area contributed by atoms with Crippen LogP contribution in [0, 0.1) is 5.92 Å². The molecule has 0 saturated carbocycles. The highest BCUT2D eigenvalue weighted by Gasteiger charge is 2.24. The fourth-order valence-corrected chi connectivity index (χ4v) is 3.95. The highest BCUT2D eigenvalue weighted by Crippen LogP contribution is 2.12. The molecule has 2 aliphatic heterocycles. The van der Waals surface area contributed by atoms with Gasteiger partial charge in [-0.1, -0.05) is 20.3 Å². The molecule has 0 bridgehead atoms. The van der Waals surface area contributed by atoms with Crippen LogP contribution in [0.15, 0.2) is 4.99 Å². The van der Waals surface area contributed by atoms with Gasteiger partial charge >= 0.3 is 0 Å². The third-order valence-electron chi connectivity index (χ3n) is 5.68. The molecular formula is C22H42IN5O3. The summed E-state index contributed by atoms with van der Waals surface area (Å²) in [6, 6.07) is 0. The smallest absolute Gasteiger partial charge is 0.222 e. The van der Waals surface area contributed by atoms with Crippen molar-refractivity contribution in [2.24, 2.45) is 10.9 Å². The minimum Gasteiger partial charge on any atom is -0.391 e. The van der Waals surface area contributed by atoms with E-state index in [0.717, 1.165) is 51.3 Å². The second kappa shape index (κ2) is 14.9. The summed E-state index contributed by atoms with van der Waals surface area (Å²) in [5.41, 5.74) is 0. The largest absolute Gasteiger partial charge is 0.391 e. The van der Waals surface area contributed by atoms with Crippen LogP contribution in [0.5, 0.6) is 0 Å². The molecular weight excluding hydrogens is 509 g/mol. The van der Waals surface area contributed by atoms with Gasteiger partial charge in [0.05, 0.1) is 6.10 Å². The second-order valence-electron chi connectivity index (χ2n) is 8.79. The van der Waals surface area contributed by atoms with Crippen molar-refractivity contribution < 1.29 is 14.7 Å². The number of aliphatic hydroxyl groups is 1. The molecule has 0 spiro atoms. The van der Waals surface area contributed by atoms with Gasteiger partial charge < -0.3 is 25.1 Å². The van der Waals surface area contributed by atoms with Gasteiger partial charge in [-0.25, -0.2) is 0 Å². The number of hydrogen-bond acceptors (Lipinski definition) is 4. The number of aliphatic imine (C=N–C) groups is 1. The number of β-amino-alcohol motifs (C(OH)–C–C–N with tert-alkyl or cyclic N) is 1. The van der Waals surface area contributed by atoms with E-state index in [0.29, 0.717) is 51.5 Å². The van der Waals surface area contributed by atoms with Gasteiger partial charge in [0.25, 0.3) is 0 Å². The molecule has 2 fully saturated rings. The number of hydrogen-bond donors (Lipinski definition) is 2. The molecule has 2 amide bonds. The van der Waals surface area contributed by atoms with Crippen LogP contribution in [0.25, 0.3) is 0 Å². The zero-order chi connectivity index (χ0) is 21.9. The van der Waals surface area contributed by atoms with Crippen LogP contribution in [-0.4, -0.2) is 96.0 Å². The lowest BCUT2D eigenvalue weighted by molar-refractivity contribution is -0.140. The number of halogens is 1. The molecule has 0 radical (unpaired) electrons. The van der Waals surface area contributed by atoms with Crippen molar-refractivity contribution in [3.05, 3.63) is 0 Å². The summed E-state index contributed by atoms with van der Waals surface area (Å²) in [4.78, 5) is 35.2. The second-order valence-corrected chi connectivity index (χ2v) is 8.79. The van der Waals surface area contributed by atoms with Crippen molar-refractivity contribution >= 4 is 41.8 Å². The number of rotatable bonds is 9. The molecule has 0 aromatic carbocycles. The molecule has 2 rings (SSSR count). The quantitative estimate of drug-likeness (QED) is 0.198. The van der Waals surface area contributed by atoms with Gasteiger partial charge in [0, 0.05) is 65.2 Å². The average molecular weight is 552 g/mol. The molecule has 2 heterocycles. The van der Waals surface area contributed by atoms with Gasteiger partial charge in [-0.05, 0) is 32.1 Å². The van der Waals surface area contributed by atoms with E-state index in [1.165, 1.54) is 0 Å². The summed E-state index contributed by atoms with van der Waals surface area (Å²) in [6.07, 6.45) is 4.51. The number of unbranched alkanes of at least 4 members (excludes halogenated alkanes) is 2. The Balaban J connectivity index is 0.00000480. The van der Waals surface area contributed by atoms with Gasteiger partial charge in [0.1, 0.15) is 0 Å². The van der Waals surface area contributed by atoms with E-state index in [4.69, 9.17) is 0 Å². The zero-order valence-corrected chi connectivity index (χ0v) is 21.8. The summed E-state index contributed by atoms with van der Waals surface area (Å²) in [5, 5.41) is 13.0. The number of aliphatic hydroxyl groups excluding tert-OH is 1. The zero-order valence-electron chi connectivity index (χ0n) is 19.5. The van der Waals surface area contributed by atoms with Crippen molar-refractivity contribution in [3.63, 3.8) is 0 Å². The minimum atomic E-state index is -0.255. The Morgan fingerprint density at radius 1 is 1.00 bits per heavy atom. The number of nitrogens with one attached hydrogen (secondary N) is 1. The summed E-state index contributed by atoms with van der Waals surface area (Å²) >= 11 is 0. The van der Waals surface area contributed by atoms with Crippen molar-refractivity contribution in [2.75, 3.05) is 52.4 Å². The predicted molar refractivity (Wildman–Crippen MR) is 135 cm³/mol. The Labute approximate surface area is 204 Å². The van der Waals surface area contributed by atoms with E-state index in [1.54, 1.807) is 0 Å². The highest BCUT2D eigenvalue weighted by molar-refractivity contribution is 14.0. The predicted octanol–water partition coefficient (Wildman–Crippen LogP) is 1.91. The highest BCUT2D eigenvalue weighted by atomic mass is 127. The van der Waals surface area contributed by atoms with E-state index < -0.39 is 0 Å². The lowest BCUT2D eigenvalue weighted by atomic mass is 10.1. The van der Waals surface area contributed by atoms with Crippen molar-refractivity contribution in [1.82, 2.24) is 20.0 Å². The summed E-state index contributed by atoms with van der Waals surface area (Å²) in [5.74, 6) is 1.67. The van der Waals surface area contributed by atoms with Crippen LogP contribution in [0.1, 0.15) is 59.3 Å². The molecule has 180 valence electrons. The first-order chi connectivity index (χ1) is 14.4. The normalized spacial score (nSPS) is 19.6. The Bertz CT molecular complexity index is 579. The van der Waals surface area contributed by atoms with Crippen LogP contribution >= 0.6 is 24.0 Å². The van der Waals surface area contributed by atoms with Gasteiger partial charge in [0.15, 0.2) is 5.96 Å². The number of piperazine rings is 1. The van der Waals surface area contributed by atoms with Crippen LogP contribution in [0.4, 0.5) is 0 Å². The van der Waals surface area contributed by atoms with E-state index >= 15 is 0 Å². The summed E-state index contributed by atoms with van der Waals surface area (Å²) in [6.45, 7) is 11.8. The Morgan fingerprint density at radius 3 is 2.19 bits per heavy atom. The lowest BCUT2D eigenvalue weighted by Gasteiger charge is -2.35. The fourth-order valence-electron chi connectivity index (χ4n) is 3.95. The van der Waals surface area contributed by atoms with Crippen LogP contribution < -0.4 is 5.32 Å². The molecule has 2 N–H and O–H groups in total. The number of nitrogens with zero attached hydrogens (tertiary/aromatic N) is 4. The number of guanidine groups is 1. The minimum absolute atomic E-state index is 0. The third-order valence-corrected chi connectivity index (χ3v) is 5.68. The number of likely N-dealkylation sites (tertiary alicyclic amines) is 1. The molecule has 0 unspecified atom stereocenters. The van der Waals surface area contributed by atoms with Crippen LogP contribution in [-0.2, 0) is 9.59 Å². The molecule has 2 aliphatic rings. The first-order valence-electron chi connectivity index (χ1n) is 11.7. The molecule has 31 heavy (non-hydrogen) atoms. The summed E-state index contributed by atoms with van der Waals surface area (Å²) < 4.78 is 0. The molecule has 1 atom stereocenters. The van der Waals surface area contributed by atoms with E-state index in [-0.39, 0.29) is 41.9 Å². The molecule has 8 nitrogen and oxygen atoms in total. The molecule has 9 heteroatoms. The van der Waals surface area contributed by atoms with Crippen LogP contribution in [0.3, 0.4) is 0 Å². The van der Waals surface area contributed by atoms with Crippen molar-refractivity contribution in [1.29, 1.82) is 0 Å². The first-order valence-corrected chi connectivity index (χ1v) is 11.7. The number of carbonyl (C=O) groups excluding carboxylic acids is 2. The Hall–Kier alpha value is -1.10. The van der Waals surface area contributed by atoms with Gasteiger partial charge in [-0.3, -0.25) is 14.6 Å². The van der Waals surface area contributed by atoms with E-state index in [9.17, 15) is 14.7 Å².